The Morgan fingerprint density at radius 3 is 2.24 bits per heavy atom. The van der Waals surface area contributed by atoms with E-state index in [2.05, 4.69) is 62.9 Å². The maximum atomic E-state index is 4.30. The SMILES string of the molecule is Ic1cnc(CCCCc2ccccc2)nc1. The first kappa shape index (κ1) is 12.5. The van der Waals surface area contributed by atoms with Crippen LogP contribution in [0.4, 0.5) is 0 Å². The number of aryl methyl sites for hydroxylation is 2. The predicted octanol–water partition coefficient (Wildman–Crippen LogP) is 3.65. The zero-order chi connectivity index (χ0) is 11.9. The summed E-state index contributed by atoms with van der Waals surface area (Å²) in [6.45, 7) is 0. The van der Waals surface area contributed by atoms with Crippen LogP contribution in [0.2, 0.25) is 0 Å². The molecule has 3 heteroatoms. The topological polar surface area (TPSA) is 25.8 Å². The Hall–Kier alpha value is -0.970. The molecule has 0 bridgehead atoms. The van der Waals surface area contributed by atoms with Crippen LogP contribution in [0.25, 0.3) is 0 Å². The highest BCUT2D eigenvalue weighted by atomic mass is 127. The molecule has 1 aromatic heterocycles. The highest BCUT2D eigenvalue weighted by molar-refractivity contribution is 14.1. The van der Waals surface area contributed by atoms with Crippen LogP contribution in [0.15, 0.2) is 42.7 Å². The highest BCUT2D eigenvalue weighted by Crippen LogP contribution is 2.07. The summed E-state index contributed by atoms with van der Waals surface area (Å²) in [6.07, 6.45) is 8.21. The zero-order valence-electron chi connectivity index (χ0n) is 9.64. The minimum absolute atomic E-state index is 0.957. The molecule has 0 aliphatic carbocycles. The standard InChI is InChI=1S/C14H15IN2/c15-13-10-16-14(17-11-13)9-5-4-8-12-6-2-1-3-7-12/h1-3,6-7,10-11H,4-5,8-9H2. The van der Waals surface area contributed by atoms with E-state index in [1.165, 1.54) is 12.0 Å². The van der Waals surface area contributed by atoms with Crippen molar-refractivity contribution in [1.82, 2.24) is 9.97 Å². The number of benzene rings is 1. The quantitative estimate of drug-likeness (QED) is 0.614. The summed E-state index contributed by atoms with van der Waals surface area (Å²) in [6, 6.07) is 10.6. The van der Waals surface area contributed by atoms with Crippen molar-refractivity contribution in [2.75, 3.05) is 0 Å². The maximum Gasteiger partial charge on any atom is 0.128 e. The monoisotopic (exact) mass is 338 g/mol. The molecular formula is C14H15IN2. The Bertz CT molecular complexity index is 440. The van der Waals surface area contributed by atoms with Gasteiger partial charge in [-0.2, -0.15) is 0 Å². The first-order chi connectivity index (χ1) is 8.34. The average molecular weight is 338 g/mol. The Labute approximate surface area is 116 Å². The van der Waals surface area contributed by atoms with E-state index in [-0.39, 0.29) is 0 Å². The van der Waals surface area contributed by atoms with Crippen LogP contribution in [0.1, 0.15) is 24.2 Å². The van der Waals surface area contributed by atoms with Crippen LogP contribution in [0, 0.1) is 3.57 Å². The number of rotatable bonds is 5. The third-order valence-corrected chi connectivity index (χ3v) is 3.19. The van der Waals surface area contributed by atoms with Gasteiger partial charge in [0.05, 0.1) is 0 Å². The van der Waals surface area contributed by atoms with Crippen LogP contribution in [-0.4, -0.2) is 9.97 Å². The van der Waals surface area contributed by atoms with Crippen LogP contribution in [0.5, 0.6) is 0 Å². The molecular weight excluding hydrogens is 323 g/mol. The Morgan fingerprint density at radius 1 is 0.882 bits per heavy atom. The van der Waals surface area contributed by atoms with Gasteiger partial charge in [-0.15, -0.1) is 0 Å². The molecule has 2 nitrogen and oxygen atoms in total. The lowest BCUT2D eigenvalue weighted by molar-refractivity contribution is 0.706. The zero-order valence-corrected chi connectivity index (χ0v) is 11.8. The number of unbranched alkanes of at least 4 members (excludes halogenated alkanes) is 1. The molecule has 0 N–H and O–H groups in total. The fourth-order valence-electron chi connectivity index (χ4n) is 1.73. The number of nitrogens with zero attached hydrogens (tertiary/aromatic N) is 2. The Morgan fingerprint density at radius 2 is 1.53 bits per heavy atom. The average Bonchev–Trinajstić information content (AvgIpc) is 2.38. The molecule has 0 saturated carbocycles. The van der Waals surface area contributed by atoms with Crippen molar-refractivity contribution in [2.45, 2.75) is 25.7 Å². The summed E-state index contributed by atoms with van der Waals surface area (Å²) < 4.78 is 1.09. The number of hydrogen-bond acceptors (Lipinski definition) is 2. The van der Waals surface area contributed by atoms with Gasteiger partial charge in [-0.05, 0) is 47.4 Å². The molecule has 1 heterocycles. The summed E-state index contributed by atoms with van der Waals surface area (Å²) in [5.74, 6) is 0.957. The number of aromatic nitrogens is 2. The van der Waals surface area contributed by atoms with Crippen molar-refractivity contribution in [1.29, 1.82) is 0 Å². The van der Waals surface area contributed by atoms with Gasteiger partial charge in [-0.25, -0.2) is 9.97 Å². The molecule has 17 heavy (non-hydrogen) atoms. The smallest absolute Gasteiger partial charge is 0.128 e. The molecule has 0 amide bonds. The second-order valence-electron chi connectivity index (χ2n) is 4.01. The van der Waals surface area contributed by atoms with E-state index < -0.39 is 0 Å². The minimum Gasteiger partial charge on any atom is -0.240 e. The third-order valence-electron chi connectivity index (χ3n) is 2.63. The molecule has 2 rings (SSSR count). The van der Waals surface area contributed by atoms with Gasteiger partial charge in [0.2, 0.25) is 0 Å². The van der Waals surface area contributed by atoms with Gasteiger partial charge in [0.1, 0.15) is 5.82 Å². The van der Waals surface area contributed by atoms with Crippen molar-refractivity contribution in [2.24, 2.45) is 0 Å². The molecule has 1 aromatic carbocycles. The molecule has 0 spiro atoms. The molecule has 0 radical (unpaired) electrons. The fourth-order valence-corrected chi connectivity index (χ4v) is 2.00. The van der Waals surface area contributed by atoms with E-state index in [0.717, 1.165) is 28.7 Å². The van der Waals surface area contributed by atoms with Crippen LogP contribution >= 0.6 is 22.6 Å². The predicted molar refractivity (Wildman–Crippen MR) is 77.8 cm³/mol. The Kier molecular flexibility index (Phi) is 4.91. The number of halogens is 1. The third kappa shape index (κ3) is 4.42. The molecule has 0 aliphatic rings. The fraction of sp³-hybridized carbons (Fsp3) is 0.286. The first-order valence-electron chi connectivity index (χ1n) is 5.85. The van der Waals surface area contributed by atoms with Gasteiger partial charge in [0.25, 0.3) is 0 Å². The molecule has 0 saturated heterocycles. The van der Waals surface area contributed by atoms with Crippen molar-refractivity contribution < 1.29 is 0 Å². The second kappa shape index (κ2) is 6.69. The van der Waals surface area contributed by atoms with Gasteiger partial charge in [0, 0.05) is 22.4 Å². The second-order valence-corrected chi connectivity index (χ2v) is 5.26. The van der Waals surface area contributed by atoms with E-state index in [9.17, 15) is 0 Å². The van der Waals surface area contributed by atoms with E-state index in [4.69, 9.17) is 0 Å². The van der Waals surface area contributed by atoms with Gasteiger partial charge in [-0.1, -0.05) is 30.3 Å². The molecule has 0 aliphatic heterocycles. The maximum absolute atomic E-state index is 4.30. The van der Waals surface area contributed by atoms with Crippen molar-refractivity contribution in [3.63, 3.8) is 0 Å². The lowest BCUT2D eigenvalue weighted by atomic mass is 10.1. The number of hydrogen-bond donors (Lipinski definition) is 0. The van der Waals surface area contributed by atoms with E-state index >= 15 is 0 Å². The molecule has 0 fully saturated rings. The molecule has 88 valence electrons. The normalized spacial score (nSPS) is 10.4. The van der Waals surface area contributed by atoms with Crippen molar-refractivity contribution in [3.05, 3.63) is 57.7 Å². The molecule has 0 atom stereocenters. The van der Waals surface area contributed by atoms with Crippen LogP contribution in [0.3, 0.4) is 0 Å². The van der Waals surface area contributed by atoms with Gasteiger partial charge < -0.3 is 0 Å². The lowest BCUT2D eigenvalue weighted by Gasteiger charge is -2.01. The van der Waals surface area contributed by atoms with Crippen LogP contribution in [-0.2, 0) is 12.8 Å². The summed E-state index contributed by atoms with van der Waals surface area (Å²) in [4.78, 5) is 8.61. The van der Waals surface area contributed by atoms with Gasteiger partial charge in [0.15, 0.2) is 0 Å². The molecule has 0 unspecified atom stereocenters. The van der Waals surface area contributed by atoms with E-state index in [1.54, 1.807) is 0 Å². The first-order valence-corrected chi connectivity index (χ1v) is 6.93. The van der Waals surface area contributed by atoms with E-state index in [1.807, 2.05) is 12.4 Å². The highest BCUT2D eigenvalue weighted by Gasteiger charge is 1.97. The van der Waals surface area contributed by atoms with Gasteiger partial charge in [-0.3, -0.25) is 0 Å². The summed E-state index contributed by atoms with van der Waals surface area (Å²) in [5.41, 5.74) is 1.41. The van der Waals surface area contributed by atoms with Crippen LogP contribution < -0.4 is 0 Å². The minimum atomic E-state index is 0.957. The summed E-state index contributed by atoms with van der Waals surface area (Å²) in [5, 5.41) is 0. The van der Waals surface area contributed by atoms with Gasteiger partial charge >= 0.3 is 0 Å². The summed E-state index contributed by atoms with van der Waals surface area (Å²) in [7, 11) is 0. The van der Waals surface area contributed by atoms with Crippen molar-refractivity contribution >= 4 is 22.6 Å². The van der Waals surface area contributed by atoms with Crippen molar-refractivity contribution in [3.8, 4) is 0 Å². The Balaban J connectivity index is 1.71. The molecule has 2 aromatic rings. The largest absolute Gasteiger partial charge is 0.240 e. The van der Waals surface area contributed by atoms with E-state index in [0.29, 0.717) is 0 Å². The lowest BCUT2D eigenvalue weighted by Crippen LogP contribution is -1.95. The summed E-state index contributed by atoms with van der Waals surface area (Å²) >= 11 is 2.22.